The third kappa shape index (κ3) is 1.96. The lowest BCUT2D eigenvalue weighted by Gasteiger charge is -1.92. The summed E-state index contributed by atoms with van der Waals surface area (Å²) in [6, 6.07) is 13.5. The molecular weight excluding hydrogens is 284 g/mol. The van der Waals surface area contributed by atoms with E-state index in [0.717, 1.165) is 20.7 Å². The van der Waals surface area contributed by atoms with E-state index in [0.29, 0.717) is 17.4 Å². The fraction of sp³-hybridized carbons (Fsp3) is 0. The van der Waals surface area contributed by atoms with Crippen molar-refractivity contribution in [1.29, 1.82) is 0 Å². The zero-order chi connectivity index (χ0) is 14.2. The third-order valence-electron chi connectivity index (χ3n) is 3.16. The summed E-state index contributed by atoms with van der Waals surface area (Å²) in [4.78, 5) is 10.4. The van der Waals surface area contributed by atoms with Crippen LogP contribution in [0.2, 0.25) is 0 Å². The summed E-state index contributed by atoms with van der Waals surface area (Å²) in [6.07, 6.45) is 1.74. The van der Waals surface area contributed by atoms with Gasteiger partial charge in [-0.2, -0.15) is 4.98 Å². The number of nitrogens with zero attached hydrogens (tertiary/aromatic N) is 3. The molecule has 4 rings (SSSR count). The van der Waals surface area contributed by atoms with Crippen molar-refractivity contribution in [3.63, 3.8) is 0 Å². The third-order valence-corrected chi connectivity index (χ3v) is 4.27. The average molecular weight is 294 g/mol. The zero-order valence-corrected chi connectivity index (χ0v) is 11.7. The van der Waals surface area contributed by atoms with Gasteiger partial charge in [0.1, 0.15) is 9.71 Å². The van der Waals surface area contributed by atoms with E-state index in [2.05, 4.69) is 15.1 Å². The normalized spacial score (nSPS) is 11.0. The van der Waals surface area contributed by atoms with Gasteiger partial charge in [0, 0.05) is 17.1 Å². The SMILES string of the molecule is Nc1c(-c2nc(-c3ccccc3)no2)sc2ncccc12. The van der Waals surface area contributed by atoms with Crippen LogP contribution in [-0.4, -0.2) is 15.1 Å². The Kier molecular flexibility index (Phi) is 2.68. The minimum atomic E-state index is 0.425. The van der Waals surface area contributed by atoms with Crippen LogP contribution in [-0.2, 0) is 0 Å². The van der Waals surface area contributed by atoms with Gasteiger partial charge in [-0.25, -0.2) is 4.98 Å². The van der Waals surface area contributed by atoms with Crippen LogP contribution < -0.4 is 5.73 Å². The number of hydrogen-bond donors (Lipinski definition) is 1. The highest BCUT2D eigenvalue weighted by Crippen LogP contribution is 2.39. The van der Waals surface area contributed by atoms with Gasteiger partial charge in [0.15, 0.2) is 0 Å². The van der Waals surface area contributed by atoms with Crippen LogP contribution in [0.1, 0.15) is 0 Å². The molecule has 0 saturated heterocycles. The molecule has 5 nitrogen and oxygen atoms in total. The Morgan fingerprint density at radius 1 is 1.05 bits per heavy atom. The topological polar surface area (TPSA) is 77.8 Å². The van der Waals surface area contributed by atoms with E-state index in [1.165, 1.54) is 11.3 Å². The predicted octanol–water partition coefficient (Wildman–Crippen LogP) is 3.60. The lowest BCUT2D eigenvalue weighted by atomic mass is 10.2. The minimum absolute atomic E-state index is 0.425. The minimum Gasteiger partial charge on any atom is -0.397 e. The first kappa shape index (κ1) is 12.0. The molecule has 3 heterocycles. The van der Waals surface area contributed by atoms with E-state index < -0.39 is 0 Å². The van der Waals surface area contributed by atoms with Crippen LogP contribution in [0.4, 0.5) is 5.69 Å². The predicted molar refractivity (Wildman–Crippen MR) is 82.8 cm³/mol. The number of aromatic nitrogens is 3. The molecule has 3 aromatic heterocycles. The molecule has 0 aliphatic heterocycles. The molecule has 0 fully saturated rings. The van der Waals surface area contributed by atoms with Gasteiger partial charge in [-0.1, -0.05) is 35.5 Å². The lowest BCUT2D eigenvalue weighted by molar-refractivity contribution is 0.433. The van der Waals surface area contributed by atoms with Gasteiger partial charge >= 0.3 is 0 Å². The summed E-state index contributed by atoms with van der Waals surface area (Å²) in [6.45, 7) is 0. The first-order valence-electron chi connectivity index (χ1n) is 6.35. The number of nitrogen functional groups attached to an aromatic ring is 1. The maximum absolute atomic E-state index is 6.16. The first-order chi connectivity index (χ1) is 10.3. The van der Waals surface area contributed by atoms with Crippen molar-refractivity contribution in [3.8, 4) is 22.2 Å². The molecule has 0 spiro atoms. The number of anilines is 1. The highest BCUT2D eigenvalue weighted by Gasteiger charge is 2.18. The average Bonchev–Trinajstić information content (AvgIpc) is 3.14. The fourth-order valence-corrected chi connectivity index (χ4v) is 3.12. The maximum Gasteiger partial charge on any atom is 0.270 e. The van der Waals surface area contributed by atoms with Crippen LogP contribution in [0, 0.1) is 0 Å². The molecule has 0 radical (unpaired) electrons. The van der Waals surface area contributed by atoms with Crippen LogP contribution in [0.25, 0.3) is 32.4 Å². The van der Waals surface area contributed by atoms with E-state index >= 15 is 0 Å². The summed E-state index contributed by atoms with van der Waals surface area (Å²) in [7, 11) is 0. The Bertz CT molecular complexity index is 914. The highest BCUT2D eigenvalue weighted by atomic mass is 32.1. The number of benzene rings is 1. The molecule has 0 atom stereocenters. The summed E-state index contributed by atoms with van der Waals surface area (Å²) in [5.41, 5.74) is 7.70. The van der Waals surface area contributed by atoms with E-state index in [4.69, 9.17) is 10.3 Å². The number of fused-ring (bicyclic) bond motifs is 1. The monoisotopic (exact) mass is 294 g/mol. The number of nitrogens with two attached hydrogens (primary N) is 1. The Balaban J connectivity index is 1.83. The van der Waals surface area contributed by atoms with Crippen molar-refractivity contribution >= 4 is 27.2 Å². The number of thiophene rings is 1. The van der Waals surface area contributed by atoms with Crippen LogP contribution >= 0.6 is 11.3 Å². The maximum atomic E-state index is 6.16. The Morgan fingerprint density at radius 2 is 1.90 bits per heavy atom. The Labute approximate surface area is 124 Å². The van der Waals surface area contributed by atoms with Gasteiger partial charge in [-0.05, 0) is 12.1 Å². The number of pyridine rings is 1. The van der Waals surface area contributed by atoms with E-state index in [1.54, 1.807) is 6.20 Å². The highest BCUT2D eigenvalue weighted by molar-refractivity contribution is 7.22. The molecule has 102 valence electrons. The largest absolute Gasteiger partial charge is 0.397 e. The van der Waals surface area contributed by atoms with Crippen LogP contribution in [0.3, 0.4) is 0 Å². The molecule has 0 aliphatic rings. The fourth-order valence-electron chi connectivity index (χ4n) is 2.13. The summed E-state index contributed by atoms with van der Waals surface area (Å²) < 4.78 is 5.36. The molecule has 4 aromatic rings. The van der Waals surface area contributed by atoms with Gasteiger partial charge in [-0.3, -0.25) is 0 Å². The van der Waals surface area contributed by atoms with Gasteiger partial charge in [-0.15, -0.1) is 11.3 Å². The molecular formula is C15H10N4OS. The Morgan fingerprint density at radius 3 is 2.71 bits per heavy atom. The first-order valence-corrected chi connectivity index (χ1v) is 7.17. The van der Waals surface area contributed by atoms with Gasteiger partial charge in [0.2, 0.25) is 5.82 Å². The molecule has 0 saturated carbocycles. The second kappa shape index (κ2) is 4.68. The molecule has 0 aliphatic carbocycles. The number of hydrogen-bond acceptors (Lipinski definition) is 6. The molecule has 1 aromatic carbocycles. The van der Waals surface area contributed by atoms with Crippen molar-refractivity contribution in [1.82, 2.24) is 15.1 Å². The van der Waals surface area contributed by atoms with E-state index in [9.17, 15) is 0 Å². The molecule has 0 unspecified atom stereocenters. The van der Waals surface area contributed by atoms with Gasteiger partial charge in [0.25, 0.3) is 5.89 Å². The van der Waals surface area contributed by atoms with Gasteiger partial charge in [0.05, 0.1) is 5.69 Å². The standard InChI is InChI=1S/C15H10N4OS/c16-11-10-7-4-8-17-15(10)21-12(11)14-18-13(19-20-14)9-5-2-1-3-6-9/h1-8H,16H2. The molecule has 0 bridgehead atoms. The van der Waals surface area contributed by atoms with Crippen molar-refractivity contribution in [2.24, 2.45) is 0 Å². The van der Waals surface area contributed by atoms with Crippen molar-refractivity contribution in [2.75, 3.05) is 5.73 Å². The second-order valence-corrected chi connectivity index (χ2v) is 5.49. The molecule has 0 amide bonds. The molecule has 2 N–H and O–H groups in total. The summed E-state index contributed by atoms with van der Waals surface area (Å²) in [5.74, 6) is 0.977. The Hall–Kier alpha value is -2.73. The van der Waals surface area contributed by atoms with Crippen molar-refractivity contribution < 1.29 is 4.52 Å². The van der Waals surface area contributed by atoms with Crippen LogP contribution in [0.15, 0.2) is 53.2 Å². The molecule has 21 heavy (non-hydrogen) atoms. The molecule has 6 heteroatoms. The van der Waals surface area contributed by atoms with Gasteiger partial charge < -0.3 is 10.3 Å². The smallest absolute Gasteiger partial charge is 0.270 e. The zero-order valence-electron chi connectivity index (χ0n) is 10.9. The number of rotatable bonds is 2. The van der Waals surface area contributed by atoms with Crippen molar-refractivity contribution in [2.45, 2.75) is 0 Å². The second-order valence-electron chi connectivity index (χ2n) is 4.49. The van der Waals surface area contributed by atoms with Crippen molar-refractivity contribution in [3.05, 3.63) is 48.7 Å². The lowest BCUT2D eigenvalue weighted by Crippen LogP contribution is -1.85. The van der Waals surface area contributed by atoms with E-state index in [-0.39, 0.29) is 0 Å². The summed E-state index contributed by atoms with van der Waals surface area (Å²) >= 11 is 1.45. The summed E-state index contributed by atoms with van der Waals surface area (Å²) in [5, 5.41) is 4.93. The quantitative estimate of drug-likeness (QED) is 0.611. The van der Waals surface area contributed by atoms with E-state index in [1.807, 2.05) is 42.5 Å². The van der Waals surface area contributed by atoms with Crippen LogP contribution in [0.5, 0.6) is 0 Å².